The Labute approximate surface area is 154 Å². The van der Waals surface area contributed by atoms with E-state index >= 15 is 0 Å². The molecule has 1 heterocycles. The van der Waals surface area contributed by atoms with Gasteiger partial charge in [-0.15, -0.1) is 0 Å². The summed E-state index contributed by atoms with van der Waals surface area (Å²) in [5, 5.41) is 3.13. The molecule has 4 nitrogen and oxygen atoms in total. The molecule has 2 aromatic rings. The summed E-state index contributed by atoms with van der Waals surface area (Å²) < 4.78 is 10.7. The zero-order valence-corrected chi connectivity index (χ0v) is 15.2. The zero-order valence-electron chi connectivity index (χ0n) is 15.2. The van der Waals surface area contributed by atoms with E-state index in [1.807, 2.05) is 18.2 Å². The van der Waals surface area contributed by atoms with Crippen LogP contribution < -0.4 is 14.8 Å². The van der Waals surface area contributed by atoms with Crippen LogP contribution in [0.25, 0.3) is 0 Å². The summed E-state index contributed by atoms with van der Waals surface area (Å²) in [6, 6.07) is 12.6. The van der Waals surface area contributed by atoms with Gasteiger partial charge in [0.05, 0.1) is 6.04 Å². The summed E-state index contributed by atoms with van der Waals surface area (Å²) in [7, 11) is 0. The Morgan fingerprint density at radius 2 is 1.85 bits per heavy atom. The van der Waals surface area contributed by atoms with Gasteiger partial charge in [-0.3, -0.25) is 4.79 Å². The van der Waals surface area contributed by atoms with Gasteiger partial charge in [-0.1, -0.05) is 24.3 Å². The highest BCUT2D eigenvalue weighted by Gasteiger charge is 2.16. The van der Waals surface area contributed by atoms with Gasteiger partial charge in [0.25, 0.3) is 0 Å². The Balaban J connectivity index is 1.33. The molecule has 1 amide bonds. The third-order valence-corrected chi connectivity index (χ3v) is 5.33. The average molecular weight is 351 g/mol. The number of carbonyl (C=O) groups is 1. The fraction of sp³-hybridized carbons (Fsp3) is 0.409. The van der Waals surface area contributed by atoms with Gasteiger partial charge in [0.2, 0.25) is 12.7 Å². The number of nitrogens with one attached hydrogen (secondary N) is 1. The van der Waals surface area contributed by atoms with E-state index in [-0.39, 0.29) is 18.7 Å². The highest BCUT2D eigenvalue weighted by atomic mass is 16.7. The van der Waals surface area contributed by atoms with Gasteiger partial charge in [-0.2, -0.15) is 0 Å². The van der Waals surface area contributed by atoms with Crippen molar-refractivity contribution >= 4 is 5.91 Å². The molecule has 4 heteroatoms. The molecule has 1 aliphatic heterocycles. The molecule has 2 aromatic carbocycles. The minimum Gasteiger partial charge on any atom is -0.454 e. The highest BCUT2D eigenvalue weighted by Crippen LogP contribution is 2.32. The first kappa shape index (κ1) is 17.0. The molecule has 0 spiro atoms. The van der Waals surface area contributed by atoms with E-state index < -0.39 is 0 Å². The molecule has 1 aliphatic carbocycles. The van der Waals surface area contributed by atoms with E-state index in [4.69, 9.17) is 9.47 Å². The predicted octanol–water partition coefficient (Wildman–Crippen LogP) is 4.10. The predicted molar refractivity (Wildman–Crippen MR) is 101 cm³/mol. The molecule has 1 N–H and O–H groups in total. The lowest BCUT2D eigenvalue weighted by Crippen LogP contribution is -2.27. The first-order valence-electron chi connectivity index (χ1n) is 9.48. The third kappa shape index (κ3) is 3.69. The molecule has 136 valence electrons. The van der Waals surface area contributed by atoms with E-state index in [0.29, 0.717) is 12.8 Å². The number of fused-ring (bicyclic) bond motifs is 2. The summed E-state index contributed by atoms with van der Waals surface area (Å²) >= 11 is 0. The Kier molecular flexibility index (Phi) is 4.83. The van der Waals surface area contributed by atoms with Crippen LogP contribution in [0, 0.1) is 0 Å². The number of hydrogen-bond donors (Lipinski definition) is 1. The maximum Gasteiger partial charge on any atom is 0.231 e. The number of carbonyl (C=O) groups excluding carboxylic acids is 1. The van der Waals surface area contributed by atoms with Crippen molar-refractivity contribution in [1.29, 1.82) is 0 Å². The molecule has 0 bridgehead atoms. The fourth-order valence-electron chi connectivity index (χ4n) is 3.77. The maximum absolute atomic E-state index is 12.4. The number of ether oxygens (including phenoxy) is 2. The molecule has 1 unspecified atom stereocenters. The van der Waals surface area contributed by atoms with Gasteiger partial charge in [0.1, 0.15) is 0 Å². The number of amides is 1. The van der Waals surface area contributed by atoms with Crippen LogP contribution in [0.4, 0.5) is 0 Å². The molecule has 1 atom stereocenters. The highest BCUT2D eigenvalue weighted by molar-refractivity contribution is 5.76. The molecule has 0 aromatic heterocycles. The second-order valence-electron chi connectivity index (χ2n) is 7.21. The van der Waals surface area contributed by atoms with Crippen molar-refractivity contribution in [3.05, 3.63) is 58.7 Å². The van der Waals surface area contributed by atoms with Crippen LogP contribution in [-0.2, 0) is 24.1 Å². The van der Waals surface area contributed by atoms with Gasteiger partial charge in [0.15, 0.2) is 11.5 Å². The summed E-state index contributed by atoms with van der Waals surface area (Å²) in [5.74, 6) is 1.62. The largest absolute Gasteiger partial charge is 0.454 e. The van der Waals surface area contributed by atoms with Crippen molar-refractivity contribution in [3.8, 4) is 11.5 Å². The molecule has 0 saturated carbocycles. The number of aryl methyl sites for hydroxylation is 3. The maximum atomic E-state index is 12.4. The average Bonchev–Trinajstić information content (AvgIpc) is 3.13. The molecule has 4 rings (SSSR count). The first-order chi connectivity index (χ1) is 12.7. The minimum atomic E-state index is 0.0338. The Bertz CT molecular complexity index is 815. The van der Waals surface area contributed by atoms with Crippen LogP contribution in [-0.4, -0.2) is 12.7 Å². The SMILES string of the molecule is CC(NC(=O)CCc1ccc2c(c1)OCO2)c1ccc2c(c1)CCCC2. The smallest absolute Gasteiger partial charge is 0.231 e. The van der Waals surface area contributed by atoms with E-state index in [2.05, 4.69) is 30.4 Å². The summed E-state index contributed by atoms with van der Waals surface area (Å²) in [5.41, 5.74) is 5.21. The zero-order chi connectivity index (χ0) is 17.9. The molecule has 0 fully saturated rings. The van der Waals surface area contributed by atoms with Crippen LogP contribution in [0.15, 0.2) is 36.4 Å². The molecular formula is C22H25NO3. The fourth-order valence-corrected chi connectivity index (χ4v) is 3.77. The van der Waals surface area contributed by atoms with E-state index in [9.17, 15) is 4.79 Å². The lowest BCUT2D eigenvalue weighted by molar-refractivity contribution is -0.121. The van der Waals surface area contributed by atoms with Crippen molar-refractivity contribution in [2.24, 2.45) is 0 Å². The second-order valence-corrected chi connectivity index (χ2v) is 7.21. The van der Waals surface area contributed by atoms with Crippen molar-refractivity contribution in [2.45, 2.75) is 51.5 Å². The lowest BCUT2D eigenvalue weighted by Gasteiger charge is -2.20. The van der Waals surface area contributed by atoms with E-state index in [1.165, 1.54) is 36.0 Å². The Morgan fingerprint density at radius 3 is 2.73 bits per heavy atom. The van der Waals surface area contributed by atoms with Crippen molar-refractivity contribution in [3.63, 3.8) is 0 Å². The van der Waals surface area contributed by atoms with Gasteiger partial charge in [-0.05, 0) is 73.4 Å². The third-order valence-electron chi connectivity index (χ3n) is 5.33. The molecule has 0 saturated heterocycles. The Hall–Kier alpha value is -2.49. The Morgan fingerprint density at radius 1 is 1.04 bits per heavy atom. The molecule has 0 radical (unpaired) electrons. The topological polar surface area (TPSA) is 47.6 Å². The molecule has 2 aliphatic rings. The summed E-state index contributed by atoms with van der Waals surface area (Å²) in [6.07, 6.45) is 6.07. The number of hydrogen-bond acceptors (Lipinski definition) is 3. The van der Waals surface area contributed by atoms with Crippen molar-refractivity contribution < 1.29 is 14.3 Å². The minimum absolute atomic E-state index is 0.0338. The normalized spacial score (nSPS) is 16.0. The van der Waals surface area contributed by atoms with E-state index in [0.717, 1.165) is 23.5 Å². The standard InChI is InChI=1S/C22H25NO3/c1-15(18-9-8-17-4-2-3-5-19(17)13-18)23-22(24)11-7-16-6-10-20-21(12-16)26-14-25-20/h6,8-10,12-13,15H,2-5,7,11,14H2,1H3,(H,23,24). The van der Waals surface area contributed by atoms with Gasteiger partial charge in [-0.25, -0.2) is 0 Å². The van der Waals surface area contributed by atoms with Crippen molar-refractivity contribution in [2.75, 3.05) is 6.79 Å². The monoisotopic (exact) mass is 351 g/mol. The van der Waals surface area contributed by atoms with Gasteiger partial charge in [0, 0.05) is 6.42 Å². The van der Waals surface area contributed by atoms with Gasteiger partial charge >= 0.3 is 0 Å². The van der Waals surface area contributed by atoms with Crippen LogP contribution in [0.5, 0.6) is 11.5 Å². The summed E-state index contributed by atoms with van der Waals surface area (Å²) in [4.78, 5) is 12.4. The van der Waals surface area contributed by atoms with Crippen LogP contribution >= 0.6 is 0 Å². The second kappa shape index (κ2) is 7.40. The van der Waals surface area contributed by atoms with Gasteiger partial charge < -0.3 is 14.8 Å². The van der Waals surface area contributed by atoms with Crippen LogP contribution in [0.1, 0.15) is 54.5 Å². The van der Waals surface area contributed by atoms with Crippen LogP contribution in [0.2, 0.25) is 0 Å². The molecule has 26 heavy (non-hydrogen) atoms. The van der Waals surface area contributed by atoms with E-state index in [1.54, 1.807) is 0 Å². The van der Waals surface area contributed by atoms with Crippen LogP contribution in [0.3, 0.4) is 0 Å². The first-order valence-corrected chi connectivity index (χ1v) is 9.48. The van der Waals surface area contributed by atoms with Crippen molar-refractivity contribution in [1.82, 2.24) is 5.32 Å². The summed E-state index contributed by atoms with van der Waals surface area (Å²) in [6.45, 7) is 2.33. The number of rotatable bonds is 5. The lowest BCUT2D eigenvalue weighted by atomic mass is 9.89. The molecular weight excluding hydrogens is 326 g/mol. The number of benzene rings is 2. The quantitative estimate of drug-likeness (QED) is 0.882.